The molecule has 2 heterocycles. The van der Waals surface area contributed by atoms with Crippen molar-refractivity contribution in [3.63, 3.8) is 0 Å². The van der Waals surface area contributed by atoms with Crippen molar-refractivity contribution in [2.75, 3.05) is 25.6 Å². The van der Waals surface area contributed by atoms with E-state index in [4.69, 9.17) is 9.47 Å². The molecule has 0 aliphatic carbocycles. The summed E-state index contributed by atoms with van der Waals surface area (Å²) in [6.07, 6.45) is 2.18. The molecule has 160 valence electrons. The molecule has 0 spiro atoms. The number of nitrogens with zero attached hydrogens (tertiary/aromatic N) is 1. The number of fused-ring (bicyclic) bond motifs is 3. The van der Waals surface area contributed by atoms with Gasteiger partial charge in [-0.15, -0.1) is 0 Å². The minimum absolute atomic E-state index is 0.253. The summed E-state index contributed by atoms with van der Waals surface area (Å²) in [5.41, 5.74) is 4.57. The number of hydrogen-bond acceptors (Lipinski definition) is 4. The van der Waals surface area contributed by atoms with Gasteiger partial charge in [0.25, 0.3) is 0 Å². The maximum absolute atomic E-state index is 13.1. The number of hydrogen-bond donors (Lipinski definition) is 2. The van der Waals surface area contributed by atoms with Crippen molar-refractivity contribution in [2.45, 2.75) is 20.3 Å². The molecule has 1 aliphatic heterocycles. The Morgan fingerprint density at radius 3 is 2.74 bits per heavy atom. The first kappa shape index (κ1) is 20.5. The number of amides is 2. The van der Waals surface area contributed by atoms with E-state index in [0.717, 1.165) is 27.8 Å². The highest BCUT2D eigenvalue weighted by Crippen LogP contribution is 2.31. The van der Waals surface area contributed by atoms with Gasteiger partial charge >= 0.3 is 12.0 Å². The van der Waals surface area contributed by atoms with E-state index < -0.39 is 5.97 Å². The Kier molecular flexibility index (Phi) is 5.66. The molecular weight excluding hydrogens is 394 g/mol. The number of anilines is 1. The third kappa shape index (κ3) is 3.99. The van der Waals surface area contributed by atoms with Crippen LogP contribution in [0.3, 0.4) is 0 Å². The Bertz CT molecular complexity index is 1180. The van der Waals surface area contributed by atoms with Crippen LogP contribution in [0.15, 0.2) is 48.7 Å². The van der Waals surface area contributed by atoms with Crippen LogP contribution in [0.5, 0.6) is 5.75 Å². The first-order chi connectivity index (χ1) is 15.0. The van der Waals surface area contributed by atoms with Gasteiger partial charge in [0.1, 0.15) is 5.75 Å². The summed E-state index contributed by atoms with van der Waals surface area (Å²) in [6, 6.07) is 13.0. The summed E-state index contributed by atoms with van der Waals surface area (Å²) in [5.74, 6) is 0.260. The second kappa shape index (κ2) is 8.55. The third-order valence-corrected chi connectivity index (χ3v) is 5.40. The lowest BCUT2D eigenvalue weighted by Gasteiger charge is -2.19. The molecule has 0 atom stereocenters. The Hall–Kier alpha value is -3.74. The highest BCUT2D eigenvalue weighted by molar-refractivity contribution is 6.18. The van der Waals surface area contributed by atoms with Crippen molar-refractivity contribution in [3.8, 4) is 5.75 Å². The van der Waals surface area contributed by atoms with Gasteiger partial charge in [-0.3, -0.25) is 4.90 Å². The zero-order valence-electron chi connectivity index (χ0n) is 17.8. The van der Waals surface area contributed by atoms with Gasteiger partial charge in [-0.25, -0.2) is 9.59 Å². The van der Waals surface area contributed by atoms with Gasteiger partial charge in [0.15, 0.2) is 0 Å². The number of urea groups is 1. The number of carbonyl (C=O) groups is 2. The van der Waals surface area contributed by atoms with Crippen LogP contribution < -0.4 is 10.1 Å². The summed E-state index contributed by atoms with van der Waals surface area (Å²) < 4.78 is 10.5. The van der Waals surface area contributed by atoms with Crippen molar-refractivity contribution in [3.05, 3.63) is 65.5 Å². The van der Waals surface area contributed by atoms with E-state index >= 15 is 0 Å². The predicted octanol–water partition coefficient (Wildman–Crippen LogP) is 4.48. The van der Waals surface area contributed by atoms with Crippen LogP contribution in [0.4, 0.5) is 10.5 Å². The Balaban J connectivity index is 1.68. The lowest BCUT2D eigenvalue weighted by atomic mass is 10.0. The minimum Gasteiger partial charge on any atom is -0.497 e. The van der Waals surface area contributed by atoms with Gasteiger partial charge in [0.05, 0.1) is 25.0 Å². The summed E-state index contributed by atoms with van der Waals surface area (Å²) in [5, 5.41) is 3.97. The molecular formula is C24H25N3O4. The van der Waals surface area contributed by atoms with Crippen LogP contribution in [0, 0.1) is 6.92 Å². The molecule has 4 rings (SSSR count). The van der Waals surface area contributed by atoms with E-state index in [2.05, 4.69) is 10.3 Å². The minimum atomic E-state index is -0.462. The van der Waals surface area contributed by atoms with Crippen LogP contribution in [0.2, 0.25) is 0 Å². The van der Waals surface area contributed by atoms with Gasteiger partial charge in [-0.05, 0) is 55.7 Å². The number of aromatic amines is 1. The fraction of sp³-hybridized carbons (Fsp3) is 0.250. The number of ether oxygens (including phenoxy) is 2. The third-order valence-electron chi connectivity index (χ3n) is 5.40. The molecule has 1 aromatic heterocycles. The fourth-order valence-corrected chi connectivity index (χ4v) is 3.82. The Morgan fingerprint density at radius 2 is 2.00 bits per heavy atom. The standard InChI is InChI=1S/C24H25N3O4/c1-4-31-23(28)19-14-27(24(29)26-20-10-9-16(30-3)13-15(20)2)12-11-18-17-7-5-6-8-21(17)25-22(18)19/h5-10,13-14,25H,4,11-12H2,1-3H3,(H,26,29). The van der Waals surface area contributed by atoms with E-state index in [-0.39, 0.29) is 12.6 Å². The molecule has 0 saturated carbocycles. The number of methoxy groups -OCH3 is 1. The molecule has 2 aromatic carbocycles. The van der Waals surface area contributed by atoms with E-state index in [1.807, 2.05) is 37.3 Å². The molecule has 7 nitrogen and oxygen atoms in total. The molecule has 0 bridgehead atoms. The molecule has 0 fully saturated rings. The van der Waals surface area contributed by atoms with E-state index in [1.165, 1.54) is 4.90 Å². The number of aromatic nitrogens is 1. The maximum atomic E-state index is 13.1. The molecule has 0 saturated heterocycles. The number of aryl methyl sites for hydroxylation is 1. The fourth-order valence-electron chi connectivity index (χ4n) is 3.82. The maximum Gasteiger partial charge on any atom is 0.341 e. The molecule has 2 N–H and O–H groups in total. The normalized spacial score (nSPS) is 13.3. The van der Waals surface area contributed by atoms with Gasteiger partial charge < -0.3 is 19.8 Å². The highest BCUT2D eigenvalue weighted by atomic mass is 16.5. The summed E-state index contributed by atoms with van der Waals surface area (Å²) in [7, 11) is 1.60. The first-order valence-corrected chi connectivity index (χ1v) is 10.2. The quantitative estimate of drug-likeness (QED) is 0.611. The predicted molar refractivity (Wildman–Crippen MR) is 120 cm³/mol. The molecule has 7 heteroatoms. The lowest BCUT2D eigenvalue weighted by molar-refractivity contribution is -0.136. The SMILES string of the molecule is CCOC(=O)C1=CN(C(=O)Nc2ccc(OC)cc2C)CCc2c1[nH]c1ccccc21. The number of esters is 1. The number of rotatable bonds is 4. The van der Waals surface area contributed by atoms with Crippen LogP contribution in [-0.4, -0.2) is 42.1 Å². The second-order valence-electron chi connectivity index (χ2n) is 7.34. The lowest BCUT2D eigenvalue weighted by Crippen LogP contribution is -2.32. The molecule has 3 aromatic rings. The van der Waals surface area contributed by atoms with E-state index in [9.17, 15) is 9.59 Å². The van der Waals surface area contributed by atoms with Crippen LogP contribution in [0.25, 0.3) is 16.5 Å². The van der Waals surface area contributed by atoms with Gasteiger partial charge in [0, 0.05) is 29.3 Å². The topological polar surface area (TPSA) is 83.7 Å². The number of para-hydroxylation sites is 1. The number of carbonyl (C=O) groups excluding carboxylic acids is 2. The zero-order valence-corrected chi connectivity index (χ0v) is 17.8. The summed E-state index contributed by atoms with van der Waals surface area (Å²) in [4.78, 5) is 30.7. The molecule has 0 radical (unpaired) electrons. The van der Waals surface area contributed by atoms with Crippen molar-refractivity contribution >= 4 is 34.2 Å². The van der Waals surface area contributed by atoms with Crippen molar-refractivity contribution < 1.29 is 19.1 Å². The average Bonchev–Trinajstić information content (AvgIpc) is 3.02. The Labute approximate surface area is 180 Å². The van der Waals surface area contributed by atoms with Gasteiger partial charge in [0.2, 0.25) is 0 Å². The average molecular weight is 419 g/mol. The summed E-state index contributed by atoms with van der Waals surface area (Å²) in [6.45, 7) is 4.34. The molecule has 0 unspecified atom stereocenters. The van der Waals surface area contributed by atoms with Crippen molar-refractivity contribution in [2.24, 2.45) is 0 Å². The largest absolute Gasteiger partial charge is 0.497 e. The highest BCUT2D eigenvalue weighted by Gasteiger charge is 2.27. The molecule has 1 aliphatic rings. The monoisotopic (exact) mass is 419 g/mol. The zero-order chi connectivity index (χ0) is 22.0. The smallest absolute Gasteiger partial charge is 0.341 e. The van der Waals surface area contributed by atoms with Crippen LogP contribution in [0.1, 0.15) is 23.7 Å². The first-order valence-electron chi connectivity index (χ1n) is 10.2. The Morgan fingerprint density at radius 1 is 1.19 bits per heavy atom. The van der Waals surface area contributed by atoms with Crippen LogP contribution >= 0.6 is 0 Å². The van der Waals surface area contributed by atoms with Gasteiger partial charge in [-0.1, -0.05) is 18.2 Å². The van der Waals surface area contributed by atoms with Gasteiger partial charge in [-0.2, -0.15) is 0 Å². The number of nitrogens with one attached hydrogen (secondary N) is 2. The summed E-state index contributed by atoms with van der Waals surface area (Å²) >= 11 is 0. The second-order valence-corrected chi connectivity index (χ2v) is 7.34. The molecule has 31 heavy (non-hydrogen) atoms. The molecule has 2 amide bonds. The van der Waals surface area contributed by atoms with Crippen molar-refractivity contribution in [1.82, 2.24) is 9.88 Å². The van der Waals surface area contributed by atoms with Crippen molar-refractivity contribution in [1.29, 1.82) is 0 Å². The number of benzene rings is 2. The van der Waals surface area contributed by atoms with E-state index in [0.29, 0.717) is 29.9 Å². The van der Waals surface area contributed by atoms with E-state index in [1.54, 1.807) is 32.4 Å². The van der Waals surface area contributed by atoms with Crippen LogP contribution in [-0.2, 0) is 16.0 Å². The number of H-pyrrole nitrogens is 1.